The van der Waals surface area contributed by atoms with Crippen molar-refractivity contribution in [2.75, 3.05) is 5.32 Å². The van der Waals surface area contributed by atoms with Crippen molar-refractivity contribution < 1.29 is 9.90 Å². The highest BCUT2D eigenvalue weighted by molar-refractivity contribution is 9.10. The summed E-state index contributed by atoms with van der Waals surface area (Å²) in [7, 11) is 0. The van der Waals surface area contributed by atoms with Gasteiger partial charge < -0.3 is 10.4 Å². The number of anilines is 1. The van der Waals surface area contributed by atoms with Gasteiger partial charge in [0, 0.05) is 14.6 Å². The standard InChI is InChI=1S/C14H10Br2ClNO2/c15-9-3-1-8(2-4-9)13(14(19)20)18-10-5-6-12(17)11(16)7-10/h1-7,13,18H,(H,19,20). The summed E-state index contributed by atoms with van der Waals surface area (Å²) in [6, 6.07) is 11.5. The third kappa shape index (κ3) is 3.75. The summed E-state index contributed by atoms with van der Waals surface area (Å²) >= 11 is 12.6. The topological polar surface area (TPSA) is 49.3 Å². The summed E-state index contributed by atoms with van der Waals surface area (Å²) in [5.41, 5.74) is 1.35. The van der Waals surface area contributed by atoms with Crippen LogP contribution < -0.4 is 5.32 Å². The number of hydrogen-bond donors (Lipinski definition) is 2. The van der Waals surface area contributed by atoms with Crippen LogP contribution in [0, 0.1) is 0 Å². The molecule has 1 atom stereocenters. The number of hydrogen-bond acceptors (Lipinski definition) is 2. The highest BCUT2D eigenvalue weighted by atomic mass is 79.9. The van der Waals surface area contributed by atoms with Gasteiger partial charge in [0.05, 0.1) is 5.02 Å². The molecule has 20 heavy (non-hydrogen) atoms. The minimum absolute atomic E-state index is 0.575. The molecule has 0 aliphatic rings. The lowest BCUT2D eigenvalue weighted by atomic mass is 10.1. The number of nitrogens with one attached hydrogen (secondary N) is 1. The summed E-state index contributed by atoms with van der Waals surface area (Å²) in [6.07, 6.45) is 0. The Morgan fingerprint density at radius 3 is 2.35 bits per heavy atom. The number of benzene rings is 2. The molecule has 2 aromatic carbocycles. The first-order valence-corrected chi connectivity index (χ1v) is 7.63. The summed E-state index contributed by atoms with van der Waals surface area (Å²) < 4.78 is 1.61. The van der Waals surface area contributed by atoms with E-state index in [-0.39, 0.29) is 0 Å². The highest BCUT2D eigenvalue weighted by Crippen LogP contribution is 2.28. The van der Waals surface area contributed by atoms with Crippen molar-refractivity contribution in [3.05, 3.63) is 62.0 Å². The Bertz CT molecular complexity index is 632. The first-order valence-electron chi connectivity index (χ1n) is 5.67. The summed E-state index contributed by atoms with van der Waals surface area (Å²) in [6.45, 7) is 0. The third-order valence-electron chi connectivity index (χ3n) is 2.68. The molecule has 0 fully saturated rings. The van der Waals surface area contributed by atoms with E-state index < -0.39 is 12.0 Å². The number of aliphatic carboxylic acids is 1. The fourth-order valence-electron chi connectivity index (χ4n) is 1.70. The van der Waals surface area contributed by atoms with Gasteiger partial charge in [-0.05, 0) is 51.8 Å². The minimum Gasteiger partial charge on any atom is -0.479 e. The van der Waals surface area contributed by atoms with Crippen molar-refractivity contribution in [2.45, 2.75) is 6.04 Å². The van der Waals surface area contributed by atoms with Gasteiger partial charge in [-0.2, -0.15) is 0 Å². The molecular weight excluding hydrogens is 409 g/mol. The van der Waals surface area contributed by atoms with Crippen LogP contribution in [-0.2, 0) is 4.79 Å². The largest absolute Gasteiger partial charge is 0.479 e. The van der Waals surface area contributed by atoms with Gasteiger partial charge in [-0.1, -0.05) is 39.7 Å². The van der Waals surface area contributed by atoms with Crippen molar-refractivity contribution >= 4 is 55.1 Å². The van der Waals surface area contributed by atoms with Crippen LogP contribution in [0.2, 0.25) is 5.02 Å². The lowest BCUT2D eigenvalue weighted by molar-refractivity contribution is -0.138. The first-order chi connectivity index (χ1) is 9.47. The maximum absolute atomic E-state index is 11.4. The summed E-state index contributed by atoms with van der Waals surface area (Å²) in [4.78, 5) is 11.4. The molecule has 0 aliphatic carbocycles. The fraction of sp³-hybridized carbons (Fsp3) is 0.0714. The van der Waals surface area contributed by atoms with E-state index in [0.29, 0.717) is 20.7 Å². The predicted octanol–water partition coefficient (Wildman–Crippen LogP) is 5.10. The molecule has 0 saturated heterocycles. The van der Waals surface area contributed by atoms with Crippen LogP contribution in [0.3, 0.4) is 0 Å². The maximum Gasteiger partial charge on any atom is 0.330 e. The Hall–Kier alpha value is -1.04. The molecule has 0 aliphatic heterocycles. The average Bonchev–Trinajstić information content (AvgIpc) is 2.41. The molecule has 104 valence electrons. The van der Waals surface area contributed by atoms with E-state index in [4.69, 9.17) is 11.6 Å². The van der Waals surface area contributed by atoms with Crippen molar-refractivity contribution in [1.29, 1.82) is 0 Å². The van der Waals surface area contributed by atoms with Gasteiger partial charge in [0.25, 0.3) is 0 Å². The van der Waals surface area contributed by atoms with Crippen LogP contribution in [0.4, 0.5) is 5.69 Å². The monoisotopic (exact) mass is 417 g/mol. The molecule has 0 spiro atoms. The number of carbonyl (C=O) groups is 1. The second kappa shape index (κ2) is 6.61. The number of rotatable bonds is 4. The van der Waals surface area contributed by atoms with E-state index in [0.717, 1.165) is 4.47 Å². The van der Waals surface area contributed by atoms with E-state index in [1.165, 1.54) is 0 Å². The summed E-state index contributed by atoms with van der Waals surface area (Å²) in [5.74, 6) is -0.946. The van der Waals surface area contributed by atoms with Crippen molar-refractivity contribution in [3.8, 4) is 0 Å². The molecule has 0 saturated carbocycles. The van der Waals surface area contributed by atoms with E-state index in [9.17, 15) is 9.90 Å². The van der Waals surface area contributed by atoms with Gasteiger partial charge >= 0.3 is 5.97 Å². The Morgan fingerprint density at radius 2 is 1.80 bits per heavy atom. The molecule has 0 amide bonds. The third-order valence-corrected chi connectivity index (χ3v) is 4.42. The minimum atomic E-state index is -0.946. The molecule has 0 bridgehead atoms. The van der Waals surface area contributed by atoms with E-state index >= 15 is 0 Å². The SMILES string of the molecule is O=C(O)C(Nc1ccc(Cl)c(Br)c1)c1ccc(Br)cc1. The zero-order valence-electron chi connectivity index (χ0n) is 10.1. The normalized spacial score (nSPS) is 11.9. The van der Waals surface area contributed by atoms with Crippen molar-refractivity contribution in [1.82, 2.24) is 0 Å². The Balaban J connectivity index is 2.27. The van der Waals surface area contributed by atoms with Crippen LogP contribution in [-0.4, -0.2) is 11.1 Å². The second-order valence-electron chi connectivity index (χ2n) is 4.10. The van der Waals surface area contributed by atoms with Gasteiger partial charge in [-0.3, -0.25) is 0 Å². The van der Waals surface area contributed by atoms with Crippen LogP contribution in [0.15, 0.2) is 51.4 Å². The molecule has 0 heterocycles. The highest BCUT2D eigenvalue weighted by Gasteiger charge is 2.19. The molecular formula is C14H10Br2ClNO2. The van der Waals surface area contributed by atoms with Gasteiger partial charge in [0.1, 0.15) is 0 Å². The van der Waals surface area contributed by atoms with E-state index in [1.807, 2.05) is 12.1 Å². The molecule has 0 aromatic heterocycles. The average molecular weight is 420 g/mol. The van der Waals surface area contributed by atoms with Crippen LogP contribution >= 0.6 is 43.5 Å². The fourth-order valence-corrected chi connectivity index (χ4v) is 2.46. The van der Waals surface area contributed by atoms with Gasteiger partial charge in [0.15, 0.2) is 6.04 Å². The second-order valence-corrected chi connectivity index (χ2v) is 6.27. The number of carboxylic acids is 1. The Labute approximate surface area is 138 Å². The Morgan fingerprint density at radius 1 is 1.15 bits per heavy atom. The Kier molecular flexibility index (Phi) is 5.07. The maximum atomic E-state index is 11.4. The molecule has 1 unspecified atom stereocenters. The molecule has 2 N–H and O–H groups in total. The quantitative estimate of drug-likeness (QED) is 0.725. The molecule has 0 radical (unpaired) electrons. The van der Waals surface area contributed by atoms with Crippen LogP contribution in [0.5, 0.6) is 0 Å². The zero-order valence-corrected chi connectivity index (χ0v) is 14.0. The molecule has 6 heteroatoms. The van der Waals surface area contributed by atoms with Gasteiger partial charge in [-0.15, -0.1) is 0 Å². The van der Waals surface area contributed by atoms with Crippen molar-refractivity contribution in [2.24, 2.45) is 0 Å². The smallest absolute Gasteiger partial charge is 0.330 e. The summed E-state index contributed by atoms with van der Waals surface area (Å²) in [5, 5.41) is 12.9. The number of carboxylic acid groups (broad SMARTS) is 1. The van der Waals surface area contributed by atoms with Crippen LogP contribution in [0.1, 0.15) is 11.6 Å². The number of halogens is 3. The lowest BCUT2D eigenvalue weighted by Crippen LogP contribution is -2.20. The molecule has 2 aromatic rings. The van der Waals surface area contributed by atoms with Crippen LogP contribution in [0.25, 0.3) is 0 Å². The molecule has 2 rings (SSSR count). The first kappa shape index (κ1) is 15.4. The van der Waals surface area contributed by atoms with E-state index in [2.05, 4.69) is 37.2 Å². The van der Waals surface area contributed by atoms with Gasteiger partial charge in [0.2, 0.25) is 0 Å². The van der Waals surface area contributed by atoms with Gasteiger partial charge in [-0.25, -0.2) is 4.79 Å². The zero-order chi connectivity index (χ0) is 14.7. The predicted molar refractivity (Wildman–Crippen MR) is 87.3 cm³/mol. The van der Waals surface area contributed by atoms with Crippen molar-refractivity contribution in [3.63, 3.8) is 0 Å². The molecule has 3 nitrogen and oxygen atoms in total. The van der Waals surface area contributed by atoms with E-state index in [1.54, 1.807) is 30.3 Å². The lowest BCUT2D eigenvalue weighted by Gasteiger charge is -2.16.